The van der Waals surface area contributed by atoms with Crippen LogP contribution in [-0.2, 0) is 4.79 Å². The molecule has 1 fully saturated rings. The summed E-state index contributed by atoms with van der Waals surface area (Å²) in [6, 6.07) is 5.84. The molecule has 0 atom stereocenters. The van der Waals surface area contributed by atoms with Crippen molar-refractivity contribution in [2.24, 2.45) is 0 Å². The number of aryl methyl sites for hydroxylation is 2. The number of carbonyl (C=O) groups is 2. The minimum atomic E-state index is -0.265. The van der Waals surface area contributed by atoms with Crippen LogP contribution in [0.3, 0.4) is 0 Å². The molecule has 5 heteroatoms. The largest absolute Gasteiger partial charge is 0.335 e. The lowest BCUT2D eigenvalue weighted by atomic mass is 10.1. The summed E-state index contributed by atoms with van der Waals surface area (Å²) in [6.45, 7) is 3.87. The van der Waals surface area contributed by atoms with E-state index in [1.165, 1.54) is 0 Å². The van der Waals surface area contributed by atoms with Crippen LogP contribution in [0.5, 0.6) is 0 Å². The number of nitrogens with one attached hydrogen (secondary N) is 3. The number of hydrogen-bond acceptors (Lipinski definition) is 2. The Hall–Kier alpha value is -2.04. The van der Waals surface area contributed by atoms with Gasteiger partial charge in [-0.2, -0.15) is 0 Å². The molecule has 0 saturated heterocycles. The van der Waals surface area contributed by atoms with E-state index in [2.05, 4.69) is 16.0 Å². The molecule has 3 amide bonds. The molecule has 0 bridgehead atoms. The van der Waals surface area contributed by atoms with Gasteiger partial charge in [0.2, 0.25) is 5.91 Å². The molecule has 1 saturated carbocycles. The van der Waals surface area contributed by atoms with E-state index in [-0.39, 0.29) is 24.5 Å². The maximum absolute atomic E-state index is 11.9. The molecule has 21 heavy (non-hydrogen) atoms. The van der Waals surface area contributed by atoms with Gasteiger partial charge in [0.25, 0.3) is 0 Å². The average Bonchev–Trinajstić information content (AvgIpc) is 2.94. The van der Waals surface area contributed by atoms with Gasteiger partial charge in [-0.05, 0) is 37.8 Å². The Morgan fingerprint density at radius 3 is 2.38 bits per heavy atom. The smallest absolute Gasteiger partial charge is 0.315 e. The standard InChI is InChI=1S/C16H23N3O2/c1-11-6-5-7-12(2)15(11)19-14(20)10-17-16(21)18-13-8-3-4-9-13/h5-7,13H,3-4,8-10H2,1-2H3,(H,19,20)(H2,17,18,21). The molecule has 1 aliphatic carbocycles. The van der Waals surface area contributed by atoms with Gasteiger partial charge >= 0.3 is 6.03 Å². The van der Waals surface area contributed by atoms with E-state index in [1.54, 1.807) is 0 Å². The molecular formula is C16H23N3O2. The fourth-order valence-corrected chi connectivity index (χ4v) is 2.66. The predicted molar refractivity (Wildman–Crippen MR) is 83.3 cm³/mol. The summed E-state index contributed by atoms with van der Waals surface area (Å²) in [6.07, 6.45) is 4.39. The number of urea groups is 1. The average molecular weight is 289 g/mol. The van der Waals surface area contributed by atoms with Gasteiger partial charge in [0.15, 0.2) is 0 Å². The Morgan fingerprint density at radius 1 is 1.14 bits per heavy atom. The Balaban J connectivity index is 1.78. The molecule has 0 unspecified atom stereocenters. The first-order valence-corrected chi connectivity index (χ1v) is 7.46. The van der Waals surface area contributed by atoms with E-state index in [0.29, 0.717) is 0 Å². The molecule has 3 N–H and O–H groups in total. The van der Waals surface area contributed by atoms with Gasteiger partial charge in [0.05, 0.1) is 6.54 Å². The number of amides is 3. The lowest BCUT2D eigenvalue weighted by Crippen LogP contribution is -2.43. The van der Waals surface area contributed by atoms with E-state index in [9.17, 15) is 9.59 Å². The highest BCUT2D eigenvalue weighted by Crippen LogP contribution is 2.19. The molecule has 2 rings (SSSR count). The monoisotopic (exact) mass is 289 g/mol. The van der Waals surface area contributed by atoms with Gasteiger partial charge < -0.3 is 16.0 Å². The van der Waals surface area contributed by atoms with Crippen LogP contribution in [0.1, 0.15) is 36.8 Å². The minimum absolute atomic E-state index is 0.0215. The van der Waals surface area contributed by atoms with Crippen LogP contribution >= 0.6 is 0 Å². The van der Waals surface area contributed by atoms with Crippen molar-refractivity contribution in [3.8, 4) is 0 Å². The Kier molecular flexibility index (Phi) is 5.20. The molecule has 0 aromatic heterocycles. The third-order valence-electron chi connectivity index (χ3n) is 3.85. The molecule has 1 aromatic rings. The topological polar surface area (TPSA) is 70.2 Å². The predicted octanol–water partition coefficient (Wildman–Crippen LogP) is 2.48. The number of rotatable bonds is 4. The molecule has 5 nitrogen and oxygen atoms in total. The summed E-state index contributed by atoms with van der Waals surface area (Å²) >= 11 is 0. The number of hydrogen-bond donors (Lipinski definition) is 3. The summed E-state index contributed by atoms with van der Waals surface area (Å²) in [7, 11) is 0. The Labute approximate surface area is 125 Å². The van der Waals surface area contributed by atoms with Crippen molar-refractivity contribution < 1.29 is 9.59 Å². The van der Waals surface area contributed by atoms with Crippen LogP contribution < -0.4 is 16.0 Å². The summed E-state index contributed by atoms with van der Waals surface area (Å²) in [4.78, 5) is 23.6. The zero-order chi connectivity index (χ0) is 15.2. The summed E-state index contributed by atoms with van der Waals surface area (Å²) < 4.78 is 0. The van der Waals surface area contributed by atoms with Crippen molar-refractivity contribution in [3.05, 3.63) is 29.3 Å². The molecule has 1 aliphatic rings. The minimum Gasteiger partial charge on any atom is -0.335 e. The Morgan fingerprint density at radius 2 is 1.76 bits per heavy atom. The second kappa shape index (κ2) is 7.11. The van der Waals surface area contributed by atoms with Crippen LogP contribution in [0.2, 0.25) is 0 Å². The van der Waals surface area contributed by atoms with E-state index < -0.39 is 0 Å². The summed E-state index contributed by atoms with van der Waals surface area (Å²) in [5, 5.41) is 8.34. The number of benzene rings is 1. The first kappa shape index (κ1) is 15.4. The molecule has 114 valence electrons. The van der Waals surface area contributed by atoms with Crippen LogP contribution in [0.4, 0.5) is 10.5 Å². The lowest BCUT2D eigenvalue weighted by Gasteiger charge is -2.14. The van der Waals surface area contributed by atoms with Gasteiger partial charge in [-0.3, -0.25) is 4.79 Å². The maximum Gasteiger partial charge on any atom is 0.315 e. The van der Waals surface area contributed by atoms with Crippen molar-refractivity contribution in [1.29, 1.82) is 0 Å². The molecule has 0 aliphatic heterocycles. The van der Waals surface area contributed by atoms with E-state index >= 15 is 0 Å². The quantitative estimate of drug-likeness (QED) is 0.797. The van der Waals surface area contributed by atoms with Crippen molar-refractivity contribution >= 4 is 17.6 Å². The highest BCUT2D eigenvalue weighted by atomic mass is 16.2. The van der Waals surface area contributed by atoms with Crippen LogP contribution in [0, 0.1) is 13.8 Å². The van der Waals surface area contributed by atoms with Crippen LogP contribution in [-0.4, -0.2) is 24.5 Å². The Bertz CT molecular complexity index is 502. The number of anilines is 1. The van der Waals surface area contributed by atoms with Crippen molar-refractivity contribution in [2.45, 2.75) is 45.6 Å². The third kappa shape index (κ3) is 4.48. The van der Waals surface area contributed by atoms with Crippen LogP contribution in [0.25, 0.3) is 0 Å². The normalized spacial score (nSPS) is 14.8. The zero-order valence-electron chi connectivity index (χ0n) is 12.7. The SMILES string of the molecule is Cc1cccc(C)c1NC(=O)CNC(=O)NC1CCCC1. The van der Waals surface area contributed by atoms with E-state index in [0.717, 1.165) is 42.5 Å². The molecule has 0 radical (unpaired) electrons. The first-order valence-electron chi connectivity index (χ1n) is 7.46. The van der Waals surface area contributed by atoms with Gasteiger partial charge in [-0.1, -0.05) is 31.0 Å². The van der Waals surface area contributed by atoms with E-state index in [4.69, 9.17) is 0 Å². The highest BCUT2D eigenvalue weighted by Gasteiger charge is 2.17. The molecule has 1 aromatic carbocycles. The molecular weight excluding hydrogens is 266 g/mol. The second-order valence-electron chi connectivity index (χ2n) is 5.62. The highest BCUT2D eigenvalue weighted by molar-refractivity contribution is 5.95. The molecule has 0 spiro atoms. The van der Waals surface area contributed by atoms with Gasteiger partial charge in [0, 0.05) is 11.7 Å². The van der Waals surface area contributed by atoms with Crippen molar-refractivity contribution in [3.63, 3.8) is 0 Å². The zero-order valence-corrected chi connectivity index (χ0v) is 12.7. The summed E-state index contributed by atoms with van der Waals surface area (Å²) in [5.41, 5.74) is 2.85. The van der Waals surface area contributed by atoms with Gasteiger partial charge in [-0.15, -0.1) is 0 Å². The van der Waals surface area contributed by atoms with Crippen molar-refractivity contribution in [1.82, 2.24) is 10.6 Å². The maximum atomic E-state index is 11.9. The number of para-hydroxylation sites is 1. The summed E-state index contributed by atoms with van der Waals surface area (Å²) in [5.74, 6) is -0.214. The van der Waals surface area contributed by atoms with Crippen molar-refractivity contribution in [2.75, 3.05) is 11.9 Å². The van der Waals surface area contributed by atoms with E-state index in [1.807, 2.05) is 32.0 Å². The molecule has 0 heterocycles. The number of carbonyl (C=O) groups excluding carboxylic acids is 2. The first-order chi connectivity index (χ1) is 10.1. The van der Waals surface area contributed by atoms with Crippen LogP contribution in [0.15, 0.2) is 18.2 Å². The lowest BCUT2D eigenvalue weighted by molar-refractivity contribution is -0.115. The fourth-order valence-electron chi connectivity index (χ4n) is 2.66. The fraction of sp³-hybridized carbons (Fsp3) is 0.500. The van der Waals surface area contributed by atoms with Gasteiger partial charge in [0.1, 0.15) is 0 Å². The third-order valence-corrected chi connectivity index (χ3v) is 3.85. The van der Waals surface area contributed by atoms with Gasteiger partial charge in [-0.25, -0.2) is 4.79 Å². The second-order valence-corrected chi connectivity index (χ2v) is 5.62.